The van der Waals surface area contributed by atoms with Crippen molar-refractivity contribution in [2.24, 2.45) is 0 Å². The predicted molar refractivity (Wildman–Crippen MR) is 91.8 cm³/mol. The summed E-state index contributed by atoms with van der Waals surface area (Å²) in [5, 5.41) is 8.55. The fourth-order valence-corrected chi connectivity index (χ4v) is 4.03. The summed E-state index contributed by atoms with van der Waals surface area (Å²) in [6, 6.07) is 2.68. The fourth-order valence-electron chi connectivity index (χ4n) is 3.86. The normalized spacial score (nSPS) is 23.0. The first-order chi connectivity index (χ1) is 11.7. The smallest absolute Gasteiger partial charge is 0.236 e. The Labute approximate surface area is 147 Å². The van der Waals surface area contributed by atoms with Gasteiger partial charge in [0.2, 0.25) is 5.91 Å². The largest absolute Gasteiger partial charge is 0.339 e. The summed E-state index contributed by atoms with van der Waals surface area (Å²) in [4.78, 5) is 19.4. The molecule has 0 atom stereocenters. The van der Waals surface area contributed by atoms with E-state index in [1.54, 1.807) is 0 Å². The van der Waals surface area contributed by atoms with E-state index in [1.807, 2.05) is 11.0 Å². The van der Waals surface area contributed by atoms with Crippen LogP contribution >= 0.6 is 11.6 Å². The molecule has 3 heterocycles. The maximum atomic E-state index is 12.6. The van der Waals surface area contributed by atoms with Gasteiger partial charge < -0.3 is 4.90 Å². The Balaban J connectivity index is 1.28. The summed E-state index contributed by atoms with van der Waals surface area (Å²) in [6.45, 7) is 5.85. The summed E-state index contributed by atoms with van der Waals surface area (Å²) in [5.41, 5.74) is 2.11. The zero-order valence-corrected chi connectivity index (χ0v) is 14.7. The number of carbonyl (C=O) groups is 1. The Hall–Kier alpha value is -1.24. The SMILES string of the molecule is O=C(CN1CCc2cc(Cl)nnc2C1)N1CCN(C2CCC2)CC1. The van der Waals surface area contributed by atoms with Gasteiger partial charge in [0.25, 0.3) is 0 Å². The molecule has 1 saturated heterocycles. The molecule has 1 saturated carbocycles. The molecule has 0 radical (unpaired) electrons. The highest BCUT2D eigenvalue weighted by atomic mass is 35.5. The van der Waals surface area contributed by atoms with Crippen molar-refractivity contribution in [2.75, 3.05) is 39.3 Å². The number of nitrogens with zero attached hydrogens (tertiary/aromatic N) is 5. The predicted octanol–water partition coefficient (Wildman–Crippen LogP) is 1.18. The van der Waals surface area contributed by atoms with Gasteiger partial charge in [-0.05, 0) is 30.9 Å². The Morgan fingerprint density at radius 3 is 2.67 bits per heavy atom. The third-order valence-electron chi connectivity index (χ3n) is 5.62. The first-order valence-electron chi connectivity index (χ1n) is 8.94. The Bertz CT molecular complexity index is 613. The van der Waals surface area contributed by atoms with Crippen LogP contribution in [0.5, 0.6) is 0 Å². The number of hydrogen-bond acceptors (Lipinski definition) is 5. The number of amides is 1. The molecule has 6 nitrogen and oxygen atoms in total. The van der Waals surface area contributed by atoms with Crippen LogP contribution in [-0.2, 0) is 17.8 Å². The van der Waals surface area contributed by atoms with Crippen molar-refractivity contribution in [3.63, 3.8) is 0 Å². The molecule has 130 valence electrons. The van der Waals surface area contributed by atoms with Crippen LogP contribution < -0.4 is 0 Å². The van der Waals surface area contributed by atoms with E-state index in [4.69, 9.17) is 11.6 Å². The van der Waals surface area contributed by atoms with Crippen LogP contribution in [0.1, 0.15) is 30.5 Å². The van der Waals surface area contributed by atoms with E-state index in [0.29, 0.717) is 18.2 Å². The molecule has 1 aromatic heterocycles. The van der Waals surface area contributed by atoms with Crippen molar-refractivity contribution in [3.05, 3.63) is 22.5 Å². The van der Waals surface area contributed by atoms with Gasteiger partial charge in [-0.1, -0.05) is 18.0 Å². The zero-order chi connectivity index (χ0) is 16.5. The molecule has 1 aromatic rings. The number of aromatic nitrogens is 2. The van der Waals surface area contributed by atoms with E-state index in [1.165, 1.54) is 19.3 Å². The molecule has 3 aliphatic rings. The minimum atomic E-state index is 0.244. The van der Waals surface area contributed by atoms with Gasteiger partial charge in [-0.15, -0.1) is 5.10 Å². The molecule has 1 aliphatic carbocycles. The maximum absolute atomic E-state index is 12.6. The average molecular weight is 350 g/mol. The van der Waals surface area contributed by atoms with Crippen LogP contribution in [0, 0.1) is 0 Å². The van der Waals surface area contributed by atoms with Crippen molar-refractivity contribution in [3.8, 4) is 0 Å². The van der Waals surface area contributed by atoms with Crippen LogP contribution in [0.3, 0.4) is 0 Å². The number of rotatable bonds is 3. The van der Waals surface area contributed by atoms with E-state index in [2.05, 4.69) is 20.0 Å². The first kappa shape index (κ1) is 16.2. The number of fused-ring (bicyclic) bond motifs is 1. The molecular weight excluding hydrogens is 326 g/mol. The lowest BCUT2D eigenvalue weighted by Crippen LogP contribution is -2.55. The minimum absolute atomic E-state index is 0.244. The molecule has 2 aliphatic heterocycles. The van der Waals surface area contributed by atoms with E-state index >= 15 is 0 Å². The van der Waals surface area contributed by atoms with Crippen molar-refractivity contribution >= 4 is 17.5 Å². The summed E-state index contributed by atoms with van der Waals surface area (Å²) in [7, 11) is 0. The second-order valence-electron chi connectivity index (χ2n) is 7.10. The molecule has 24 heavy (non-hydrogen) atoms. The summed E-state index contributed by atoms with van der Waals surface area (Å²) < 4.78 is 0. The minimum Gasteiger partial charge on any atom is -0.339 e. The van der Waals surface area contributed by atoms with Gasteiger partial charge in [-0.3, -0.25) is 14.6 Å². The Morgan fingerprint density at radius 2 is 1.96 bits per heavy atom. The zero-order valence-electron chi connectivity index (χ0n) is 14.0. The van der Waals surface area contributed by atoms with E-state index in [9.17, 15) is 4.79 Å². The highest BCUT2D eigenvalue weighted by Gasteiger charge is 2.30. The number of piperazine rings is 1. The van der Waals surface area contributed by atoms with Crippen LogP contribution in [0.4, 0.5) is 0 Å². The maximum Gasteiger partial charge on any atom is 0.236 e. The molecule has 4 rings (SSSR count). The fraction of sp³-hybridized carbons (Fsp3) is 0.706. The van der Waals surface area contributed by atoms with Gasteiger partial charge in [-0.25, -0.2) is 0 Å². The Kier molecular flexibility index (Phi) is 4.70. The molecule has 0 unspecified atom stereocenters. The molecule has 7 heteroatoms. The number of carbonyl (C=O) groups excluding carboxylic acids is 1. The van der Waals surface area contributed by atoms with Gasteiger partial charge in [0.05, 0.1) is 12.2 Å². The molecular formula is C17H24ClN5O. The highest BCUT2D eigenvalue weighted by Crippen LogP contribution is 2.25. The summed E-state index contributed by atoms with van der Waals surface area (Å²) in [6.07, 6.45) is 4.93. The van der Waals surface area contributed by atoms with Crippen molar-refractivity contribution in [1.82, 2.24) is 24.9 Å². The van der Waals surface area contributed by atoms with Crippen molar-refractivity contribution in [2.45, 2.75) is 38.3 Å². The highest BCUT2D eigenvalue weighted by molar-refractivity contribution is 6.29. The second-order valence-corrected chi connectivity index (χ2v) is 7.49. The molecule has 0 bridgehead atoms. The van der Waals surface area contributed by atoms with E-state index in [0.717, 1.165) is 56.4 Å². The first-order valence-corrected chi connectivity index (χ1v) is 9.32. The van der Waals surface area contributed by atoms with Crippen molar-refractivity contribution < 1.29 is 4.79 Å². The number of hydrogen-bond donors (Lipinski definition) is 0. The quantitative estimate of drug-likeness (QED) is 0.820. The number of halogens is 1. The summed E-state index contributed by atoms with van der Waals surface area (Å²) >= 11 is 5.90. The van der Waals surface area contributed by atoms with Crippen LogP contribution in [0.25, 0.3) is 0 Å². The standard InChI is InChI=1S/C17H24ClN5O/c18-16-10-13-4-5-21(11-15(13)19-20-16)12-17(24)23-8-6-22(7-9-23)14-2-1-3-14/h10,14H,1-9,11-12H2. The summed E-state index contributed by atoms with van der Waals surface area (Å²) in [5.74, 6) is 0.244. The molecule has 0 spiro atoms. The topological polar surface area (TPSA) is 52.6 Å². The molecule has 2 fully saturated rings. The van der Waals surface area contributed by atoms with Gasteiger partial charge >= 0.3 is 0 Å². The van der Waals surface area contributed by atoms with Crippen molar-refractivity contribution in [1.29, 1.82) is 0 Å². The third-order valence-corrected chi connectivity index (χ3v) is 5.80. The van der Waals surface area contributed by atoms with Gasteiger partial charge in [-0.2, -0.15) is 5.10 Å². The second kappa shape index (κ2) is 6.94. The molecule has 0 aromatic carbocycles. The van der Waals surface area contributed by atoms with E-state index < -0.39 is 0 Å². The molecule has 1 amide bonds. The van der Waals surface area contributed by atoms with Crippen LogP contribution in [-0.4, -0.2) is 76.1 Å². The van der Waals surface area contributed by atoms with Gasteiger partial charge in [0.1, 0.15) is 0 Å². The third kappa shape index (κ3) is 3.41. The Morgan fingerprint density at radius 1 is 1.17 bits per heavy atom. The lowest BCUT2D eigenvalue weighted by Gasteiger charge is -2.43. The van der Waals surface area contributed by atoms with Gasteiger partial charge in [0, 0.05) is 45.3 Å². The lowest BCUT2D eigenvalue weighted by atomic mass is 9.91. The molecule has 0 N–H and O–H groups in total. The monoisotopic (exact) mass is 349 g/mol. The lowest BCUT2D eigenvalue weighted by molar-refractivity contribution is -0.135. The van der Waals surface area contributed by atoms with Crippen LogP contribution in [0.2, 0.25) is 5.15 Å². The van der Waals surface area contributed by atoms with Gasteiger partial charge in [0.15, 0.2) is 5.15 Å². The van der Waals surface area contributed by atoms with Crippen LogP contribution in [0.15, 0.2) is 6.07 Å². The van der Waals surface area contributed by atoms with E-state index in [-0.39, 0.29) is 5.91 Å². The average Bonchev–Trinajstić information content (AvgIpc) is 2.54.